The molecule has 0 radical (unpaired) electrons. The summed E-state index contributed by atoms with van der Waals surface area (Å²) >= 11 is 2.01. The number of hydrogen-bond acceptors (Lipinski definition) is 3. The average Bonchev–Trinajstić information content (AvgIpc) is 2.52. The van der Waals surface area contributed by atoms with Crippen molar-refractivity contribution in [2.45, 2.75) is 44.3 Å². The normalized spacial score (nSPS) is 40.3. The third kappa shape index (κ3) is 2.44. The van der Waals surface area contributed by atoms with E-state index in [0.717, 1.165) is 19.4 Å². The maximum absolute atomic E-state index is 9.39. The quantitative estimate of drug-likeness (QED) is 0.766. The van der Waals surface area contributed by atoms with E-state index >= 15 is 0 Å². The van der Waals surface area contributed by atoms with Crippen molar-refractivity contribution in [1.82, 2.24) is 0 Å². The zero-order chi connectivity index (χ0) is 10.0. The van der Waals surface area contributed by atoms with Gasteiger partial charge in [0.1, 0.15) is 0 Å². The second kappa shape index (κ2) is 4.42. The van der Waals surface area contributed by atoms with E-state index in [-0.39, 0.29) is 11.7 Å². The summed E-state index contributed by atoms with van der Waals surface area (Å²) in [5.41, 5.74) is 0.183. The number of ether oxygens (including phenoxy) is 1. The molecule has 14 heavy (non-hydrogen) atoms. The van der Waals surface area contributed by atoms with E-state index in [2.05, 4.69) is 0 Å². The molecule has 2 aliphatic rings. The van der Waals surface area contributed by atoms with E-state index in [1.165, 1.54) is 24.3 Å². The van der Waals surface area contributed by atoms with Crippen LogP contribution in [0.3, 0.4) is 0 Å². The van der Waals surface area contributed by atoms with Gasteiger partial charge >= 0.3 is 0 Å². The lowest BCUT2D eigenvalue weighted by atomic mass is 9.82. The minimum Gasteiger partial charge on any atom is -0.393 e. The Hall–Kier alpha value is 0.270. The molecule has 1 spiro atoms. The summed E-state index contributed by atoms with van der Waals surface area (Å²) in [5.74, 6) is 3.10. The van der Waals surface area contributed by atoms with Gasteiger partial charge in [0.2, 0.25) is 0 Å². The highest BCUT2D eigenvalue weighted by Gasteiger charge is 2.40. The molecule has 0 aromatic carbocycles. The van der Waals surface area contributed by atoms with Gasteiger partial charge in [0, 0.05) is 12.4 Å². The van der Waals surface area contributed by atoms with Crippen LogP contribution in [0, 0.1) is 5.92 Å². The van der Waals surface area contributed by atoms with Gasteiger partial charge in [-0.25, -0.2) is 0 Å². The summed E-state index contributed by atoms with van der Waals surface area (Å²) in [5, 5.41) is 9.39. The van der Waals surface area contributed by atoms with Crippen molar-refractivity contribution in [3.63, 3.8) is 0 Å². The topological polar surface area (TPSA) is 29.5 Å². The van der Waals surface area contributed by atoms with Crippen LogP contribution in [0.1, 0.15) is 32.6 Å². The van der Waals surface area contributed by atoms with Crippen LogP contribution < -0.4 is 0 Å². The molecule has 3 heteroatoms. The first-order valence-corrected chi connectivity index (χ1v) is 6.75. The SMILES string of the molecule is CC(O)CC1CCOC2(CCSC2)C1. The number of hydrogen-bond donors (Lipinski definition) is 1. The Balaban J connectivity index is 1.90. The van der Waals surface area contributed by atoms with Crippen molar-refractivity contribution in [3.05, 3.63) is 0 Å². The van der Waals surface area contributed by atoms with Crippen molar-refractivity contribution in [2.75, 3.05) is 18.1 Å². The van der Waals surface area contributed by atoms with Crippen LogP contribution in [-0.2, 0) is 4.74 Å². The van der Waals surface area contributed by atoms with Gasteiger partial charge in [0.25, 0.3) is 0 Å². The van der Waals surface area contributed by atoms with E-state index in [1.54, 1.807) is 0 Å². The van der Waals surface area contributed by atoms with Crippen LogP contribution in [-0.4, -0.2) is 34.9 Å². The van der Waals surface area contributed by atoms with Crippen LogP contribution in [0.5, 0.6) is 0 Å². The molecule has 0 saturated carbocycles. The van der Waals surface area contributed by atoms with Gasteiger partial charge in [-0.15, -0.1) is 0 Å². The molecule has 0 amide bonds. The Morgan fingerprint density at radius 2 is 2.50 bits per heavy atom. The zero-order valence-electron chi connectivity index (χ0n) is 8.87. The van der Waals surface area contributed by atoms with E-state index in [9.17, 15) is 5.11 Å². The summed E-state index contributed by atoms with van der Waals surface area (Å²) in [6.07, 6.45) is 4.33. The number of rotatable bonds is 2. The molecular formula is C11H20O2S. The predicted molar refractivity (Wildman–Crippen MR) is 59.6 cm³/mol. The third-order valence-electron chi connectivity index (χ3n) is 3.34. The molecular weight excluding hydrogens is 196 g/mol. The first-order valence-electron chi connectivity index (χ1n) is 5.60. The Morgan fingerprint density at radius 3 is 3.14 bits per heavy atom. The summed E-state index contributed by atoms with van der Waals surface area (Å²) in [6.45, 7) is 2.80. The number of aliphatic hydroxyl groups excluding tert-OH is 1. The fourth-order valence-corrected chi connectivity index (χ4v) is 4.05. The maximum atomic E-state index is 9.39. The van der Waals surface area contributed by atoms with Crippen molar-refractivity contribution in [3.8, 4) is 0 Å². The monoisotopic (exact) mass is 216 g/mol. The Labute approximate surface area is 90.4 Å². The van der Waals surface area contributed by atoms with Gasteiger partial charge in [0.15, 0.2) is 0 Å². The van der Waals surface area contributed by atoms with Crippen LogP contribution >= 0.6 is 11.8 Å². The second-order valence-electron chi connectivity index (χ2n) is 4.78. The zero-order valence-corrected chi connectivity index (χ0v) is 9.68. The molecule has 2 nitrogen and oxygen atoms in total. The third-order valence-corrected chi connectivity index (χ3v) is 4.56. The molecule has 3 unspecified atom stereocenters. The lowest BCUT2D eigenvalue weighted by Gasteiger charge is -2.38. The molecule has 2 aliphatic heterocycles. The largest absolute Gasteiger partial charge is 0.393 e. The molecule has 2 heterocycles. The minimum absolute atomic E-state index is 0.149. The van der Waals surface area contributed by atoms with E-state index < -0.39 is 0 Å². The standard InChI is InChI=1S/C11H20O2S/c1-9(12)6-10-2-4-13-11(7-10)3-5-14-8-11/h9-10,12H,2-8H2,1H3. The summed E-state index contributed by atoms with van der Waals surface area (Å²) in [7, 11) is 0. The smallest absolute Gasteiger partial charge is 0.0783 e. The van der Waals surface area contributed by atoms with E-state index in [1.807, 2.05) is 18.7 Å². The van der Waals surface area contributed by atoms with Gasteiger partial charge in [0.05, 0.1) is 11.7 Å². The molecule has 0 aliphatic carbocycles. The highest BCUT2D eigenvalue weighted by molar-refractivity contribution is 7.99. The van der Waals surface area contributed by atoms with E-state index in [4.69, 9.17) is 4.74 Å². The molecule has 2 saturated heterocycles. The van der Waals surface area contributed by atoms with Gasteiger partial charge in [-0.3, -0.25) is 0 Å². The fraction of sp³-hybridized carbons (Fsp3) is 1.00. The molecule has 0 aromatic heterocycles. The Bertz CT molecular complexity index is 188. The lowest BCUT2D eigenvalue weighted by Crippen LogP contribution is -2.40. The van der Waals surface area contributed by atoms with Crippen LogP contribution in [0.25, 0.3) is 0 Å². The summed E-state index contributed by atoms with van der Waals surface area (Å²) in [4.78, 5) is 0. The Kier molecular flexibility index (Phi) is 3.40. The second-order valence-corrected chi connectivity index (χ2v) is 5.88. The summed E-state index contributed by atoms with van der Waals surface area (Å²) < 4.78 is 5.94. The number of aliphatic hydroxyl groups is 1. The van der Waals surface area contributed by atoms with Crippen LogP contribution in [0.15, 0.2) is 0 Å². The van der Waals surface area contributed by atoms with Gasteiger partial charge in [-0.1, -0.05) is 0 Å². The Morgan fingerprint density at radius 1 is 1.64 bits per heavy atom. The molecule has 2 rings (SSSR count). The van der Waals surface area contributed by atoms with Gasteiger partial charge in [-0.05, 0) is 44.3 Å². The number of thioether (sulfide) groups is 1. The van der Waals surface area contributed by atoms with Crippen molar-refractivity contribution in [1.29, 1.82) is 0 Å². The maximum Gasteiger partial charge on any atom is 0.0783 e. The first-order chi connectivity index (χ1) is 6.70. The molecule has 0 bridgehead atoms. The molecule has 82 valence electrons. The van der Waals surface area contributed by atoms with E-state index in [0.29, 0.717) is 5.92 Å². The molecule has 0 aromatic rings. The highest BCUT2D eigenvalue weighted by atomic mass is 32.2. The van der Waals surface area contributed by atoms with Crippen LogP contribution in [0.4, 0.5) is 0 Å². The highest BCUT2D eigenvalue weighted by Crippen LogP contribution is 2.41. The van der Waals surface area contributed by atoms with Crippen molar-refractivity contribution < 1.29 is 9.84 Å². The first kappa shape index (κ1) is 10.8. The summed E-state index contributed by atoms with van der Waals surface area (Å²) in [6, 6.07) is 0. The van der Waals surface area contributed by atoms with Crippen molar-refractivity contribution >= 4 is 11.8 Å². The fourth-order valence-electron chi connectivity index (χ4n) is 2.68. The van der Waals surface area contributed by atoms with Gasteiger partial charge in [-0.2, -0.15) is 11.8 Å². The van der Waals surface area contributed by atoms with Gasteiger partial charge < -0.3 is 9.84 Å². The molecule has 3 atom stereocenters. The van der Waals surface area contributed by atoms with Crippen LogP contribution in [0.2, 0.25) is 0 Å². The molecule has 2 fully saturated rings. The lowest BCUT2D eigenvalue weighted by molar-refractivity contribution is -0.0847. The molecule has 1 N–H and O–H groups in total. The predicted octanol–water partition coefficient (Wildman–Crippen LogP) is 2.06. The minimum atomic E-state index is -0.149. The van der Waals surface area contributed by atoms with Crippen molar-refractivity contribution in [2.24, 2.45) is 5.92 Å². The average molecular weight is 216 g/mol.